The monoisotopic (exact) mass is 236 g/mol. The average Bonchev–Trinajstić information content (AvgIpc) is 2.69. The Balaban J connectivity index is 2.25. The maximum atomic E-state index is 8.65. The molecule has 0 aliphatic rings. The van der Waals surface area contributed by atoms with Crippen molar-refractivity contribution in [2.45, 2.75) is 20.4 Å². The molecule has 0 bridgehead atoms. The first-order valence-electron chi connectivity index (χ1n) is 5.54. The van der Waals surface area contributed by atoms with Crippen molar-refractivity contribution < 1.29 is 0 Å². The van der Waals surface area contributed by atoms with E-state index in [0.717, 1.165) is 17.1 Å². The zero-order valence-corrected chi connectivity index (χ0v) is 10.3. The molecule has 0 aliphatic heterocycles. The molecule has 88 valence electrons. The second kappa shape index (κ2) is 5.16. The summed E-state index contributed by atoms with van der Waals surface area (Å²) in [4.78, 5) is 8.40. The normalized spacial score (nSPS) is 9.39. The predicted octanol–water partition coefficient (Wildman–Crippen LogP) is 1.82. The van der Waals surface area contributed by atoms with E-state index >= 15 is 0 Å². The Labute approximate surface area is 106 Å². The van der Waals surface area contributed by atoms with Crippen LogP contribution < -0.4 is 0 Å². The van der Waals surface area contributed by atoms with Crippen LogP contribution in [0.2, 0.25) is 0 Å². The van der Waals surface area contributed by atoms with Gasteiger partial charge in [0.2, 0.25) is 0 Å². The highest BCUT2D eigenvalue weighted by atomic mass is 15.1. The van der Waals surface area contributed by atoms with Gasteiger partial charge in [-0.3, -0.25) is 4.98 Å². The van der Waals surface area contributed by atoms with Crippen molar-refractivity contribution in [1.82, 2.24) is 14.5 Å². The molecule has 2 aromatic rings. The molecule has 2 aromatic heterocycles. The molecule has 0 atom stereocenters. The number of pyridine rings is 1. The van der Waals surface area contributed by atoms with E-state index in [0.29, 0.717) is 12.2 Å². The Kier molecular flexibility index (Phi) is 3.41. The number of nitrogens with zero attached hydrogens (tertiary/aromatic N) is 4. The number of imidazole rings is 1. The summed E-state index contributed by atoms with van der Waals surface area (Å²) in [5.41, 5.74) is 2.53. The summed E-state index contributed by atoms with van der Waals surface area (Å²) in [5.74, 6) is 6.82. The van der Waals surface area contributed by atoms with Crippen LogP contribution in [0.3, 0.4) is 0 Å². The number of nitriles is 1. The molecular formula is C14H12N4. The number of rotatable bonds is 1. The molecule has 0 aromatic carbocycles. The van der Waals surface area contributed by atoms with Crippen LogP contribution in [0, 0.1) is 37.0 Å². The van der Waals surface area contributed by atoms with Gasteiger partial charge in [-0.25, -0.2) is 4.98 Å². The standard InChI is InChI=1S/C14H12N4/c1-11-9-13(5-7-16-11)3-4-14-10-18(8-6-15)12(2)17-14/h5,7,9-10H,8H2,1-2H3. The Morgan fingerprint density at radius 2 is 2.17 bits per heavy atom. The Morgan fingerprint density at radius 3 is 2.89 bits per heavy atom. The Hall–Kier alpha value is -2.59. The van der Waals surface area contributed by atoms with Crippen LogP contribution >= 0.6 is 0 Å². The smallest absolute Gasteiger partial charge is 0.131 e. The minimum atomic E-state index is 0.300. The maximum absolute atomic E-state index is 8.65. The van der Waals surface area contributed by atoms with Crippen LogP contribution in [-0.2, 0) is 6.54 Å². The van der Waals surface area contributed by atoms with E-state index in [4.69, 9.17) is 5.26 Å². The van der Waals surface area contributed by atoms with Crippen LogP contribution in [0.1, 0.15) is 22.8 Å². The summed E-state index contributed by atoms with van der Waals surface area (Å²) in [6, 6.07) is 5.87. The third-order valence-electron chi connectivity index (χ3n) is 2.45. The highest BCUT2D eigenvalue weighted by molar-refractivity contribution is 5.39. The first-order valence-corrected chi connectivity index (χ1v) is 5.54. The van der Waals surface area contributed by atoms with Crippen molar-refractivity contribution in [2.24, 2.45) is 0 Å². The van der Waals surface area contributed by atoms with Crippen molar-refractivity contribution in [3.05, 3.63) is 47.3 Å². The van der Waals surface area contributed by atoms with Gasteiger partial charge in [0.25, 0.3) is 0 Å². The van der Waals surface area contributed by atoms with Crippen molar-refractivity contribution >= 4 is 0 Å². The second-order valence-corrected chi connectivity index (χ2v) is 3.90. The molecule has 0 aliphatic carbocycles. The molecule has 0 amide bonds. The molecule has 0 fully saturated rings. The third-order valence-corrected chi connectivity index (χ3v) is 2.45. The first kappa shape index (κ1) is 11.9. The summed E-state index contributed by atoms with van der Waals surface area (Å²) in [6.07, 6.45) is 3.53. The number of aryl methyl sites for hydroxylation is 2. The molecule has 0 spiro atoms. The fourth-order valence-corrected chi connectivity index (χ4v) is 1.56. The predicted molar refractivity (Wildman–Crippen MR) is 67.5 cm³/mol. The van der Waals surface area contributed by atoms with Crippen molar-refractivity contribution in [2.75, 3.05) is 0 Å². The summed E-state index contributed by atoms with van der Waals surface area (Å²) in [6.45, 7) is 4.09. The van der Waals surface area contributed by atoms with Crippen LogP contribution in [0.5, 0.6) is 0 Å². The molecule has 18 heavy (non-hydrogen) atoms. The summed E-state index contributed by atoms with van der Waals surface area (Å²) in [5, 5.41) is 8.65. The minimum absolute atomic E-state index is 0.300. The fraction of sp³-hybridized carbons (Fsp3) is 0.214. The molecule has 0 N–H and O–H groups in total. The Bertz CT molecular complexity index is 665. The van der Waals surface area contributed by atoms with Gasteiger partial charge < -0.3 is 4.57 Å². The van der Waals surface area contributed by atoms with Crippen LogP contribution in [0.25, 0.3) is 0 Å². The summed E-state index contributed by atoms with van der Waals surface area (Å²) in [7, 11) is 0. The minimum Gasteiger partial charge on any atom is -0.320 e. The van der Waals surface area contributed by atoms with E-state index in [-0.39, 0.29) is 0 Å². The van der Waals surface area contributed by atoms with E-state index in [1.807, 2.05) is 26.0 Å². The highest BCUT2D eigenvalue weighted by Gasteiger charge is 2.00. The molecule has 0 radical (unpaired) electrons. The lowest BCUT2D eigenvalue weighted by molar-refractivity contribution is 0.790. The molecular weight excluding hydrogens is 224 g/mol. The van der Waals surface area contributed by atoms with Crippen molar-refractivity contribution in [1.29, 1.82) is 5.26 Å². The fourth-order valence-electron chi connectivity index (χ4n) is 1.56. The second-order valence-electron chi connectivity index (χ2n) is 3.90. The van der Waals surface area contributed by atoms with Crippen LogP contribution in [0.15, 0.2) is 24.5 Å². The molecule has 4 nitrogen and oxygen atoms in total. The van der Waals surface area contributed by atoms with E-state index in [9.17, 15) is 0 Å². The van der Waals surface area contributed by atoms with E-state index in [1.54, 1.807) is 17.0 Å². The Morgan fingerprint density at radius 1 is 1.33 bits per heavy atom. The number of aromatic nitrogens is 3. The molecule has 2 heterocycles. The van der Waals surface area contributed by atoms with Gasteiger partial charge in [-0.15, -0.1) is 0 Å². The molecule has 0 unspecified atom stereocenters. The SMILES string of the molecule is Cc1cc(C#Cc2cn(CC#N)c(C)n2)ccn1. The zero-order chi connectivity index (χ0) is 13.0. The number of hydrogen-bond donors (Lipinski definition) is 0. The summed E-state index contributed by atoms with van der Waals surface area (Å²) < 4.78 is 1.78. The lowest BCUT2D eigenvalue weighted by atomic mass is 10.2. The molecule has 0 saturated heterocycles. The van der Waals surface area contributed by atoms with Gasteiger partial charge in [0.05, 0.1) is 6.07 Å². The third kappa shape index (κ3) is 2.75. The van der Waals surface area contributed by atoms with E-state index in [1.165, 1.54) is 0 Å². The number of hydrogen-bond acceptors (Lipinski definition) is 3. The maximum Gasteiger partial charge on any atom is 0.131 e. The van der Waals surface area contributed by atoms with Crippen molar-refractivity contribution in [3.63, 3.8) is 0 Å². The average molecular weight is 236 g/mol. The van der Waals surface area contributed by atoms with Gasteiger partial charge in [-0.2, -0.15) is 5.26 Å². The van der Waals surface area contributed by atoms with Gasteiger partial charge in [0.15, 0.2) is 0 Å². The van der Waals surface area contributed by atoms with Gasteiger partial charge in [-0.05, 0) is 31.9 Å². The molecule has 2 rings (SSSR count). The summed E-state index contributed by atoms with van der Waals surface area (Å²) >= 11 is 0. The van der Waals surface area contributed by atoms with E-state index < -0.39 is 0 Å². The van der Waals surface area contributed by atoms with Crippen LogP contribution in [0.4, 0.5) is 0 Å². The zero-order valence-electron chi connectivity index (χ0n) is 10.3. The first-order chi connectivity index (χ1) is 8.69. The lowest BCUT2D eigenvalue weighted by Gasteiger charge is -1.93. The largest absolute Gasteiger partial charge is 0.320 e. The van der Waals surface area contributed by atoms with Crippen LogP contribution in [-0.4, -0.2) is 14.5 Å². The van der Waals surface area contributed by atoms with Gasteiger partial charge in [-0.1, -0.05) is 5.92 Å². The van der Waals surface area contributed by atoms with Crippen molar-refractivity contribution in [3.8, 4) is 17.9 Å². The highest BCUT2D eigenvalue weighted by Crippen LogP contribution is 2.02. The van der Waals surface area contributed by atoms with Gasteiger partial charge in [0, 0.05) is 23.7 Å². The molecule has 4 heteroatoms. The quantitative estimate of drug-likeness (QED) is 0.710. The topological polar surface area (TPSA) is 54.5 Å². The van der Waals surface area contributed by atoms with E-state index in [2.05, 4.69) is 27.9 Å². The molecule has 0 saturated carbocycles. The van der Waals surface area contributed by atoms with Gasteiger partial charge >= 0.3 is 0 Å². The van der Waals surface area contributed by atoms with Gasteiger partial charge in [0.1, 0.15) is 18.1 Å². The lowest BCUT2D eigenvalue weighted by Crippen LogP contribution is -1.95.